The zero-order valence-corrected chi connectivity index (χ0v) is 16.4. The van der Waals surface area contributed by atoms with Crippen LogP contribution in [0.1, 0.15) is 18.4 Å². The third-order valence-electron chi connectivity index (χ3n) is 4.87. The van der Waals surface area contributed by atoms with Gasteiger partial charge in [-0.15, -0.1) is 12.4 Å². The van der Waals surface area contributed by atoms with Crippen LogP contribution >= 0.6 is 12.4 Å². The second kappa shape index (κ2) is 9.57. The number of carbonyl (C=O) groups excluding carboxylic acids is 3. The SMILES string of the molecule is Cl.O=C(N[C@@H](CN1C(=O)NC2(CCNCC2)C1=O)C(=O)O)OCc1ccccc1. The maximum atomic E-state index is 12.7. The van der Waals surface area contributed by atoms with Crippen molar-refractivity contribution in [2.24, 2.45) is 0 Å². The summed E-state index contributed by atoms with van der Waals surface area (Å²) in [4.78, 5) is 49.3. The highest BCUT2D eigenvalue weighted by Gasteiger charge is 2.52. The summed E-state index contributed by atoms with van der Waals surface area (Å²) in [5.74, 6) is -1.84. The maximum Gasteiger partial charge on any atom is 0.408 e. The van der Waals surface area contributed by atoms with Crippen LogP contribution in [0.5, 0.6) is 0 Å². The van der Waals surface area contributed by atoms with Gasteiger partial charge in [0.25, 0.3) is 5.91 Å². The topological polar surface area (TPSA) is 137 Å². The first-order chi connectivity index (χ1) is 13.4. The fraction of sp³-hybridized carbons (Fsp3) is 0.444. The van der Waals surface area contributed by atoms with E-state index in [-0.39, 0.29) is 19.0 Å². The molecule has 4 N–H and O–H groups in total. The van der Waals surface area contributed by atoms with Crippen LogP contribution in [0, 0.1) is 0 Å². The summed E-state index contributed by atoms with van der Waals surface area (Å²) in [6.45, 7) is 0.645. The van der Waals surface area contributed by atoms with E-state index in [4.69, 9.17) is 4.74 Å². The van der Waals surface area contributed by atoms with Crippen LogP contribution in [0.3, 0.4) is 0 Å². The van der Waals surface area contributed by atoms with Crippen molar-refractivity contribution in [2.75, 3.05) is 19.6 Å². The number of hydrogen-bond acceptors (Lipinski definition) is 6. The van der Waals surface area contributed by atoms with Crippen LogP contribution in [0.15, 0.2) is 30.3 Å². The molecule has 0 unspecified atom stereocenters. The molecule has 0 aliphatic carbocycles. The van der Waals surface area contributed by atoms with Gasteiger partial charge in [0, 0.05) is 0 Å². The first-order valence-corrected chi connectivity index (χ1v) is 8.96. The van der Waals surface area contributed by atoms with Crippen molar-refractivity contribution >= 4 is 36.4 Å². The number of rotatable bonds is 6. The minimum absolute atomic E-state index is 0. The summed E-state index contributed by atoms with van der Waals surface area (Å²) in [6.07, 6.45) is -0.0867. The lowest BCUT2D eigenvalue weighted by Gasteiger charge is -2.31. The van der Waals surface area contributed by atoms with E-state index in [1.165, 1.54) is 0 Å². The normalized spacial score (nSPS) is 18.6. The minimum atomic E-state index is -1.48. The second-order valence-corrected chi connectivity index (χ2v) is 6.77. The van der Waals surface area contributed by atoms with Crippen molar-refractivity contribution in [3.63, 3.8) is 0 Å². The number of piperidine rings is 1. The summed E-state index contributed by atoms with van der Waals surface area (Å²) < 4.78 is 5.01. The van der Waals surface area contributed by atoms with Crippen LogP contribution < -0.4 is 16.0 Å². The Kier molecular flexibility index (Phi) is 7.40. The number of urea groups is 1. The molecule has 0 aromatic heterocycles. The predicted octanol–water partition coefficient (Wildman–Crippen LogP) is 0.462. The van der Waals surface area contributed by atoms with Crippen molar-refractivity contribution in [1.82, 2.24) is 20.9 Å². The highest BCUT2D eigenvalue weighted by molar-refractivity contribution is 6.07. The first-order valence-electron chi connectivity index (χ1n) is 8.96. The molecular formula is C18H23ClN4O6. The molecular weight excluding hydrogens is 404 g/mol. The molecule has 11 heteroatoms. The number of hydrogen-bond donors (Lipinski definition) is 4. The molecule has 0 bridgehead atoms. The van der Waals surface area contributed by atoms with Crippen molar-refractivity contribution < 1.29 is 29.0 Å². The van der Waals surface area contributed by atoms with Crippen molar-refractivity contribution in [3.05, 3.63) is 35.9 Å². The van der Waals surface area contributed by atoms with Gasteiger partial charge in [-0.05, 0) is 31.5 Å². The summed E-state index contributed by atoms with van der Waals surface area (Å²) in [7, 11) is 0. The van der Waals surface area contributed by atoms with Crippen LogP contribution in [0.4, 0.5) is 9.59 Å². The van der Waals surface area contributed by atoms with Gasteiger partial charge in [-0.25, -0.2) is 14.4 Å². The number of alkyl carbamates (subject to hydrolysis) is 1. The van der Waals surface area contributed by atoms with E-state index in [1.54, 1.807) is 24.3 Å². The molecule has 1 aromatic carbocycles. The summed E-state index contributed by atoms with van der Waals surface area (Å²) in [6, 6.07) is 6.77. The van der Waals surface area contributed by atoms with Crippen molar-refractivity contribution in [2.45, 2.75) is 31.0 Å². The lowest BCUT2D eigenvalue weighted by Crippen LogP contribution is -2.55. The number of nitrogens with one attached hydrogen (secondary N) is 3. The number of carbonyl (C=O) groups is 4. The fourth-order valence-corrected chi connectivity index (χ4v) is 3.31. The van der Waals surface area contributed by atoms with Crippen molar-refractivity contribution in [1.29, 1.82) is 0 Å². The second-order valence-electron chi connectivity index (χ2n) is 6.77. The van der Waals surface area contributed by atoms with Gasteiger partial charge < -0.3 is 25.8 Å². The van der Waals surface area contributed by atoms with Gasteiger partial charge in [-0.1, -0.05) is 30.3 Å². The van der Waals surface area contributed by atoms with Gasteiger partial charge in [0.15, 0.2) is 0 Å². The van der Waals surface area contributed by atoms with E-state index in [1.807, 2.05) is 6.07 Å². The summed E-state index contributed by atoms with van der Waals surface area (Å²) in [5.41, 5.74) is -0.259. The van der Waals surface area contributed by atoms with Gasteiger partial charge in [0.1, 0.15) is 18.2 Å². The number of carboxylic acids is 1. The molecule has 3 rings (SSSR count). The number of carboxylic acid groups (broad SMARTS) is 1. The smallest absolute Gasteiger partial charge is 0.408 e. The number of imide groups is 1. The average molecular weight is 427 g/mol. The number of aliphatic carboxylic acids is 1. The van der Waals surface area contributed by atoms with E-state index in [0.717, 1.165) is 10.5 Å². The largest absolute Gasteiger partial charge is 0.480 e. The molecule has 158 valence electrons. The van der Waals surface area contributed by atoms with E-state index < -0.39 is 42.1 Å². The summed E-state index contributed by atoms with van der Waals surface area (Å²) >= 11 is 0. The van der Waals surface area contributed by atoms with E-state index in [9.17, 15) is 24.3 Å². The molecule has 10 nitrogen and oxygen atoms in total. The van der Waals surface area contributed by atoms with E-state index >= 15 is 0 Å². The zero-order valence-electron chi connectivity index (χ0n) is 15.6. The summed E-state index contributed by atoms with van der Waals surface area (Å²) in [5, 5.41) is 17.4. The van der Waals surface area contributed by atoms with Gasteiger partial charge in [0.2, 0.25) is 0 Å². The highest BCUT2D eigenvalue weighted by Crippen LogP contribution is 2.27. The molecule has 0 saturated carbocycles. The Morgan fingerprint density at radius 1 is 1.21 bits per heavy atom. The van der Waals surface area contributed by atoms with Crippen LogP contribution in [0.25, 0.3) is 0 Å². The number of ether oxygens (including phenoxy) is 1. The molecule has 0 radical (unpaired) electrons. The lowest BCUT2D eigenvalue weighted by molar-refractivity contribution is -0.140. The van der Waals surface area contributed by atoms with Gasteiger partial charge in [0.05, 0.1) is 6.54 Å². The molecule has 29 heavy (non-hydrogen) atoms. The number of halogens is 1. The molecule has 4 amide bonds. The average Bonchev–Trinajstić information content (AvgIpc) is 2.91. The molecule has 1 atom stereocenters. The number of benzene rings is 1. The Labute approximate surface area is 173 Å². The van der Waals surface area contributed by atoms with Crippen molar-refractivity contribution in [3.8, 4) is 0 Å². The Balaban J connectivity index is 0.00000300. The Morgan fingerprint density at radius 3 is 2.48 bits per heavy atom. The molecule has 2 heterocycles. The van der Waals surface area contributed by atoms with Crippen LogP contribution in [-0.4, -0.2) is 65.2 Å². The Morgan fingerprint density at radius 2 is 1.86 bits per heavy atom. The zero-order chi connectivity index (χ0) is 20.1. The number of nitrogens with zero attached hydrogens (tertiary/aromatic N) is 1. The maximum absolute atomic E-state index is 12.7. The molecule has 1 spiro atoms. The van der Waals surface area contributed by atoms with Crippen LogP contribution in [-0.2, 0) is 20.9 Å². The molecule has 1 aromatic rings. The Bertz CT molecular complexity index is 769. The molecule has 2 aliphatic heterocycles. The predicted molar refractivity (Wildman–Crippen MR) is 104 cm³/mol. The third-order valence-corrected chi connectivity index (χ3v) is 4.87. The quantitative estimate of drug-likeness (QED) is 0.485. The Hall–Kier alpha value is -2.85. The lowest BCUT2D eigenvalue weighted by atomic mass is 9.88. The third kappa shape index (κ3) is 5.15. The van der Waals surface area contributed by atoms with Crippen LogP contribution in [0.2, 0.25) is 0 Å². The molecule has 2 fully saturated rings. The molecule has 2 saturated heterocycles. The number of amides is 4. The van der Waals surface area contributed by atoms with Gasteiger partial charge >= 0.3 is 18.1 Å². The van der Waals surface area contributed by atoms with E-state index in [0.29, 0.717) is 25.9 Å². The fourth-order valence-electron chi connectivity index (χ4n) is 3.31. The highest BCUT2D eigenvalue weighted by atomic mass is 35.5. The molecule has 2 aliphatic rings. The monoisotopic (exact) mass is 426 g/mol. The van der Waals surface area contributed by atoms with Gasteiger partial charge in [-0.2, -0.15) is 0 Å². The minimum Gasteiger partial charge on any atom is -0.480 e. The van der Waals surface area contributed by atoms with E-state index in [2.05, 4.69) is 16.0 Å². The standard InChI is InChI=1S/C18H22N4O6.ClH/c23-14(24)13(20-17(27)28-11-12-4-2-1-3-5-12)10-22-15(25)18(21-16(22)26)6-8-19-9-7-18;/h1-5,13,19H,6-11H2,(H,20,27)(H,21,26)(H,23,24);1H/t13-;/m0./s1. The first kappa shape index (κ1) is 22.4. The van der Waals surface area contributed by atoms with Gasteiger partial charge in [-0.3, -0.25) is 9.69 Å².